The molecule has 0 spiro atoms. The van der Waals surface area contributed by atoms with Crippen molar-refractivity contribution in [1.82, 2.24) is 0 Å². The number of benzene rings is 1. The van der Waals surface area contributed by atoms with E-state index in [9.17, 15) is 13.2 Å². The molecule has 0 N–H and O–H groups in total. The monoisotopic (exact) mass is 416 g/mol. The van der Waals surface area contributed by atoms with E-state index in [1.54, 1.807) is 12.1 Å². The van der Waals surface area contributed by atoms with Gasteiger partial charge >= 0.3 is 5.97 Å². The number of rotatable bonds is 3. The predicted molar refractivity (Wildman–Crippen MR) is 99.7 cm³/mol. The summed E-state index contributed by atoms with van der Waals surface area (Å²) >= 11 is 11.8. The summed E-state index contributed by atoms with van der Waals surface area (Å²) in [6.45, 7) is 0.838. The molecular formula is C17H18Cl2N2O4S. The molecule has 0 aromatic heterocycles. The number of hydrogen-bond donors (Lipinski definition) is 0. The third-order valence-electron chi connectivity index (χ3n) is 4.95. The molecule has 1 aromatic carbocycles. The Hall–Kier alpha value is -1.31. The summed E-state index contributed by atoms with van der Waals surface area (Å²) in [4.78, 5) is 14.3. The van der Waals surface area contributed by atoms with Gasteiger partial charge in [0, 0.05) is 18.9 Å². The molecule has 1 aliphatic carbocycles. The Bertz CT molecular complexity index is 898. The highest BCUT2D eigenvalue weighted by atomic mass is 35.5. The van der Waals surface area contributed by atoms with Gasteiger partial charge in [0.2, 0.25) is 0 Å². The highest BCUT2D eigenvalue weighted by Gasteiger charge is 2.52. The van der Waals surface area contributed by atoms with Crippen molar-refractivity contribution in [3.8, 4) is 0 Å². The molecule has 2 fully saturated rings. The van der Waals surface area contributed by atoms with Crippen LogP contribution in [0.2, 0.25) is 0 Å². The average Bonchev–Trinajstić information content (AvgIpc) is 3.27. The number of amidine groups is 1. The highest BCUT2D eigenvalue weighted by Crippen LogP contribution is 2.53. The maximum Gasteiger partial charge on any atom is 0.338 e. The summed E-state index contributed by atoms with van der Waals surface area (Å²) in [6, 6.07) is 4.60. The Morgan fingerprint density at radius 3 is 2.81 bits per heavy atom. The lowest BCUT2D eigenvalue weighted by Gasteiger charge is -2.29. The molecule has 2 heterocycles. The van der Waals surface area contributed by atoms with E-state index in [-0.39, 0.29) is 23.0 Å². The van der Waals surface area contributed by atoms with Gasteiger partial charge < -0.3 is 9.64 Å². The standard InChI is InChI=1S/C17H18Cl2N2O4S/c18-17(19)9-12(17)10-25-16(22)11-5-6-13-14(8-11)26(23,24)20-15-4-2-1-3-7-21(13)15/h5-6,8,12H,1-4,7,9-10H2/t12-/m0/s1. The molecule has 4 rings (SSSR count). The van der Waals surface area contributed by atoms with E-state index in [0.717, 1.165) is 25.8 Å². The number of carbonyl (C=O) groups excluding carboxylic acids is 1. The molecule has 6 nitrogen and oxygen atoms in total. The predicted octanol–water partition coefficient (Wildman–Crippen LogP) is 3.52. The molecule has 0 bridgehead atoms. The number of sulfonamides is 1. The van der Waals surface area contributed by atoms with Crippen LogP contribution in [-0.4, -0.2) is 37.7 Å². The molecular weight excluding hydrogens is 399 g/mol. The van der Waals surface area contributed by atoms with Gasteiger partial charge in [-0.3, -0.25) is 0 Å². The minimum atomic E-state index is -3.83. The first kappa shape index (κ1) is 18.1. The Morgan fingerprint density at radius 1 is 1.31 bits per heavy atom. The van der Waals surface area contributed by atoms with Crippen LogP contribution >= 0.6 is 23.2 Å². The number of carbonyl (C=O) groups is 1. The molecule has 3 aliphatic rings. The van der Waals surface area contributed by atoms with E-state index in [1.807, 2.05) is 4.90 Å². The Balaban J connectivity index is 1.60. The van der Waals surface area contributed by atoms with Crippen LogP contribution in [0.4, 0.5) is 5.69 Å². The van der Waals surface area contributed by atoms with Crippen LogP contribution in [0.15, 0.2) is 27.5 Å². The number of ether oxygens (including phenoxy) is 1. The summed E-state index contributed by atoms with van der Waals surface area (Å²) < 4.78 is 33.5. The molecule has 1 saturated heterocycles. The van der Waals surface area contributed by atoms with E-state index in [4.69, 9.17) is 27.9 Å². The average molecular weight is 417 g/mol. The van der Waals surface area contributed by atoms with E-state index >= 15 is 0 Å². The Labute approximate surface area is 162 Å². The molecule has 1 aromatic rings. The Kier molecular flexibility index (Phi) is 4.44. The van der Waals surface area contributed by atoms with Gasteiger partial charge in [-0.1, -0.05) is 6.42 Å². The van der Waals surface area contributed by atoms with Gasteiger partial charge in [0.15, 0.2) is 0 Å². The number of halogens is 2. The molecule has 2 aliphatic heterocycles. The molecule has 1 saturated carbocycles. The van der Waals surface area contributed by atoms with Gasteiger partial charge in [-0.05, 0) is 37.5 Å². The van der Waals surface area contributed by atoms with Crippen LogP contribution in [0.5, 0.6) is 0 Å². The van der Waals surface area contributed by atoms with Crippen LogP contribution < -0.4 is 4.90 Å². The largest absolute Gasteiger partial charge is 0.462 e. The maximum absolute atomic E-state index is 12.6. The van der Waals surface area contributed by atoms with Crippen molar-refractivity contribution in [3.05, 3.63) is 23.8 Å². The van der Waals surface area contributed by atoms with E-state index < -0.39 is 20.3 Å². The zero-order chi connectivity index (χ0) is 18.5. The second-order valence-corrected chi connectivity index (χ2v) is 10.0. The fourth-order valence-corrected chi connectivity index (χ4v) is 5.10. The highest BCUT2D eigenvalue weighted by molar-refractivity contribution is 7.90. The van der Waals surface area contributed by atoms with E-state index in [1.165, 1.54) is 6.07 Å². The van der Waals surface area contributed by atoms with Crippen molar-refractivity contribution < 1.29 is 17.9 Å². The molecule has 26 heavy (non-hydrogen) atoms. The topological polar surface area (TPSA) is 76.0 Å². The molecule has 9 heteroatoms. The van der Waals surface area contributed by atoms with E-state index in [0.29, 0.717) is 24.4 Å². The van der Waals surface area contributed by atoms with Crippen LogP contribution in [-0.2, 0) is 14.8 Å². The summed E-state index contributed by atoms with van der Waals surface area (Å²) in [5.74, 6) is -0.0929. The van der Waals surface area contributed by atoms with Crippen LogP contribution in [0.1, 0.15) is 42.5 Å². The number of alkyl halides is 2. The second kappa shape index (κ2) is 6.39. The summed E-state index contributed by atoms with van der Waals surface area (Å²) in [5, 5.41) is 0. The summed E-state index contributed by atoms with van der Waals surface area (Å²) in [7, 11) is -3.83. The number of anilines is 1. The first-order valence-corrected chi connectivity index (χ1v) is 10.8. The van der Waals surface area contributed by atoms with Gasteiger partial charge in [0.1, 0.15) is 15.1 Å². The fraction of sp³-hybridized carbons (Fsp3) is 0.529. The minimum Gasteiger partial charge on any atom is -0.462 e. The van der Waals surface area contributed by atoms with Crippen molar-refractivity contribution in [2.75, 3.05) is 18.1 Å². The number of hydrogen-bond acceptors (Lipinski definition) is 5. The third kappa shape index (κ3) is 3.32. The first-order valence-electron chi connectivity index (χ1n) is 8.58. The van der Waals surface area contributed by atoms with Crippen molar-refractivity contribution in [1.29, 1.82) is 0 Å². The van der Waals surface area contributed by atoms with Gasteiger partial charge in [-0.2, -0.15) is 8.42 Å². The zero-order valence-electron chi connectivity index (χ0n) is 14.0. The van der Waals surface area contributed by atoms with E-state index in [2.05, 4.69) is 4.40 Å². The molecule has 0 amide bonds. The van der Waals surface area contributed by atoms with Gasteiger partial charge in [0.05, 0.1) is 17.9 Å². The summed E-state index contributed by atoms with van der Waals surface area (Å²) in [5.41, 5.74) is 0.757. The molecule has 0 radical (unpaired) electrons. The zero-order valence-corrected chi connectivity index (χ0v) is 16.3. The number of fused-ring (bicyclic) bond motifs is 3. The first-order chi connectivity index (χ1) is 12.3. The van der Waals surface area contributed by atoms with Crippen molar-refractivity contribution in [2.24, 2.45) is 10.3 Å². The van der Waals surface area contributed by atoms with Crippen molar-refractivity contribution >= 4 is 50.7 Å². The molecule has 1 atom stereocenters. The van der Waals surface area contributed by atoms with Crippen LogP contribution in [0.25, 0.3) is 0 Å². The smallest absolute Gasteiger partial charge is 0.338 e. The van der Waals surface area contributed by atoms with Crippen molar-refractivity contribution in [3.63, 3.8) is 0 Å². The normalized spacial score (nSPS) is 25.4. The molecule has 140 valence electrons. The van der Waals surface area contributed by atoms with Gasteiger partial charge in [-0.15, -0.1) is 27.6 Å². The third-order valence-corrected chi connectivity index (χ3v) is 7.21. The lowest BCUT2D eigenvalue weighted by Crippen LogP contribution is -2.35. The summed E-state index contributed by atoms with van der Waals surface area (Å²) in [6.07, 6.45) is 4.16. The Morgan fingerprint density at radius 2 is 2.08 bits per heavy atom. The quantitative estimate of drug-likeness (QED) is 0.556. The van der Waals surface area contributed by atoms with Gasteiger partial charge in [-0.25, -0.2) is 4.79 Å². The second-order valence-electron chi connectivity index (χ2n) is 6.89. The lowest BCUT2D eigenvalue weighted by molar-refractivity contribution is 0.0485. The fourth-order valence-electron chi connectivity index (χ4n) is 3.32. The van der Waals surface area contributed by atoms with Crippen molar-refractivity contribution in [2.45, 2.75) is 41.3 Å². The SMILES string of the molecule is O=C(OC[C@@H]1CC1(Cl)Cl)c1ccc2c(c1)S(=O)(=O)N=C1CCCCCN12. The van der Waals surface area contributed by atoms with Crippen LogP contribution in [0, 0.1) is 5.92 Å². The number of nitrogens with zero attached hydrogens (tertiary/aromatic N) is 2. The molecule has 0 unspecified atom stereocenters. The van der Waals surface area contributed by atoms with Crippen LogP contribution in [0.3, 0.4) is 0 Å². The van der Waals surface area contributed by atoms with Gasteiger partial charge in [0.25, 0.3) is 10.0 Å². The lowest BCUT2D eigenvalue weighted by atomic mass is 10.2. The maximum atomic E-state index is 12.6. The number of esters is 1. The minimum absolute atomic E-state index is 0.0491.